The van der Waals surface area contributed by atoms with E-state index in [1.165, 1.54) is 6.33 Å². The Hall–Kier alpha value is -4.41. The molecule has 31 heavy (non-hydrogen) atoms. The number of esters is 1. The Morgan fingerprint density at radius 3 is 2.65 bits per heavy atom. The molecular weight excluding hydrogens is 406 g/mol. The van der Waals surface area contributed by atoms with Crippen molar-refractivity contribution in [2.75, 3.05) is 24.0 Å². The number of nitro groups is 1. The van der Waals surface area contributed by atoms with Crippen molar-refractivity contribution >= 4 is 34.7 Å². The first kappa shape index (κ1) is 19.9. The summed E-state index contributed by atoms with van der Waals surface area (Å²) in [6.45, 7) is 2.00. The van der Waals surface area contributed by atoms with Gasteiger partial charge in [-0.15, -0.1) is 0 Å². The fourth-order valence-electron chi connectivity index (χ4n) is 2.95. The fourth-order valence-corrected chi connectivity index (χ4v) is 2.95. The molecule has 0 aliphatic carbocycles. The maximum Gasteiger partial charge on any atom is 0.353 e. The molecule has 0 saturated heterocycles. The molecule has 0 atom stereocenters. The Morgan fingerprint density at radius 2 is 1.87 bits per heavy atom. The SMILES string of the molecule is CCOC(=O)c1ccccc1Nc1ncnc(Nc2ccc3c(c2)OCO3)c1[N+](=O)[O-]. The Morgan fingerprint density at radius 1 is 1.13 bits per heavy atom. The number of fused-ring (bicyclic) bond motifs is 1. The quantitative estimate of drug-likeness (QED) is 0.328. The molecule has 11 heteroatoms. The normalized spacial score (nSPS) is 11.6. The van der Waals surface area contributed by atoms with E-state index in [4.69, 9.17) is 14.2 Å². The van der Waals surface area contributed by atoms with Gasteiger partial charge in [0.1, 0.15) is 6.33 Å². The minimum Gasteiger partial charge on any atom is -0.462 e. The van der Waals surface area contributed by atoms with Gasteiger partial charge in [-0.25, -0.2) is 14.8 Å². The van der Waals surface area contributed by atoms with Crippen LogP contribution in [0.3, 0.4) is 0 Å². The zero-order valence-electron chi connectivity index (χ0n) is 16.3. The summed E-state index contributed by atoms with van der Waals surface area (Å²) in [5, 5.41) is 17.6. The molecule has 0 saturated carbocycles. The lowest BCUT2D eigenvalue weighted by molar-refractivity contribution is -0.383. The first-order chi connectivity index (χ1) is 15.1. The number of anilines is 4. The van der Waals surface area contributed by atoms with Gasteiger partial charge in [0.2, 0.25) is 18.4 Å². The van der Waals surface area contributed by atoms with E-state index >= 15 is 0 Å². The molecule has 1 aromatic heterocycles. The number of carbonyl (C=O) groups is 1. The van der Waals surface area contributed by atoms with Crippen molar-refractivity contribution in [1.82, 2.24) is 9.97 Å². The van der Waals surface area contributed by atoms with Gasteiger partial charge >= 0.3 is 11.7 Å². The molecule has 2 heterocycles. The highest BCUT2D eigenvalue weighted by Gasteiger charge is 2.25. The van der Waals surface area contributed by atoms with Crippen molar-refractivity contribution in [1.29, 1.82) is 0 Å². The summed E-state index contributed by atoms with van der Waals surface area (Å²) < 4.78 is 15.6. The van der Waals surface area contributed by atoms with Crippen LogP contribution in [0.1, 0.15) is 17.3 Å². The van der Waals surface area contributed by atoms with E-state index < -0.39 is 10.9 Å². The van der Waals surface area contributed by atoms with Gasteiger partial charge in [0.05, 0.1) is 22.8 Å². The molecule has 3 aromatic rings. The molecule has 0 bridgehead atoms. The van der Waals surface area contributed by atoms with Crippen molar-refractivity contribution in [2.24, 2.45) is 0 Å². The Balaban J connectivity index is 1.67. The third-order valence-corrected chi connectivity index (χ3v) is 4.32. The lowest BCUT2D eigenvalue weighted by Crippen LogP contribution is -2.10. The third kappa shape index (κ3) is 4.15. The van der Waals surface area contributed by atoms with Crippen LogP contribution in [-0.2, 0) is 4.74 Å². The number of hydrogen-bond acceptors (Lipinski definition) is 10. The van der Waals surface area contributed by atoms with E-state index in [0.717, 1.165) is 0 Å². The second kappa shape index (κ2) is 8.53. The monoisotopic (exact) mass is 423 g/mol. The number of carbonyl (C=O) groups excluding carboxylic acids is 1. The Labute approximate surface area is 176 Å². The molecule has 4 rings (SSSR count). The first-order valence-electron chi connectivity index (χ1n) is 9.26. The molecule has 0 spiro atoms. The van der Waals surface area contributed by atoms with Crippen LogP contribution in [0.2, 0.25) is 0 Å². The predicted octanol–water partition coefficient (Wildman–Crippen LogP) is 3.78. The number of ether oxygens (including phenoxy) is 3. The van der Waals surface area contributed by atoms with Crippen molar-refractivity contribution in [3.05, 3.63) is 64.5 Å². The summed E-state index contributed by atoms with van der Waals surface area (Å²) in [5.41, 5.74) is 0.669. The van der Waals surface area contributed by atoms with Crippen LogP contribution in [0.15, 0.2) is 48.8 Å². The van der Waals surface area contributed by atoms with E-state index in [9.17, 15) is 14.9 Å². The molecule has 1 aliphatic heterocycles. The first-order valence-corrected chi connectivity index (χ1v) is 9.26. The molecule has 1 aliphatic rings. The largest absolute Gasteiger partial charge is 0.462 e. The average molecular weight is 423 g/mol. The molecule has 158 valence electrons. The number of aromatic nitrogens is 2. The van der Waals surface area contributed by atoms with E-state index in [-0.39, 0.29) is 36.3 Å². The molecule has 0 fully saturated rings. The van der Waals surface area contributed by atoms with Gasteiger partial charge in [-0.05, 0) is 31.2 Å². The fraction of sp³-hybridized carbons (Fsp3) is 0.150. The second-order valence-electron chi connectivity index (χ2n) is 6.26. The summed E-state index contributed by atoms with van der Waals surface area (Å²) in [7, 11) is 0. The van der Waals surface area contributed by atoms with Crippen molar-refractivity contribution < 1.29 is 23.9 Å². The summed E-state index contributed by atoms with van der Waals surface area (Å²) >= 11 is 0. The summed E-state index contributed by atoms with van der Waals surface area (Å²) in [6.07, 6.45) is 1.18. The molecule has 0 radical (unpaired) electrons. The molecule has 0 amide bonds. The smallest absolute Gasteiger partial charge is 0.353 e. The number of nitrogens with zero attached hydrogens (tertiary/aromatic N) is 3. The van der Waals surface area contributed by atoms with Crippen LogP contribution < -0.4 is 20.1 Å². The van der Waals surface area contributed by atoms with Gasteiger partial charge in [0.25, 0.3) is 0 Å². The standard InChI is InChI=1S/C20H17N5O6/c1-2-29-20(26)13-5-3-4-6-14(13)24-19-17(25(27)28)18(21-10-22-19)23-12-7-8-15-16(9-12)31-11-30-15/h3-10H,2,11H2,1H3,(H2,21,22,23,24). The topological polar surface area (TPSA) is 138 Å². The number of hydrogen-bond donors (Lipinski definition) is 2. The van der Waals surface area contributed by atoms with Crippen LogP contribution in [0.4, 0.5) is 28.7 Å². The number of rotatable bonds is 7. The summed E-state index contributed by atoms with van der Waals surface area (Å²) in [4.78, 5) is 31.5. The number of para-hydroxylation sites is 1. The Kier molecular flexibility index (Phi) is 5.47. The van der Waals surface area contributed by atoms with E-state index in [1.807, 2.05) is 0 Å². The lowest BCUT2D eigenvalue weighted by Gasteiger charge is -2.12. The van der Waals surface area contributed by atoms with Gasteiger partial charge in [-0.1, -0.05) is 12.1 Å². The van der Waals surface area contributed by atoms with E-state index in [1.54, 1.807) is 49.4 Å². The van der Waals surface area contributed by atoms with Crippen LogP contribution in [-0.4, -0.2) is 34.3 Å². The second-order valence-corrected chi connectivity index (χ2v) is 6.26. The van der Waals surface area contributed by atoms with E-state index in [0.29, 0.717) is 22.9 Å². The minimum atomic E-state index is -0.607. The number of nitrogens with one attached hydrogen (secondary N) is 2. The molecule has 0 unspecified atom stereocenters. The van der Waals surface area contributed by atoms with Gasteiger partial charge < -0.3 is 24.8 Å². The number of benzene rings is 2. The summed E-state index contributed by atoms with van der Waals surface area (Å²) in [5.74, 6) is 0.431. The van der Waals surface area contributed by atoms with Gasteiger partial charge in [-0.2, -0.15) is 0 Å². The maximum atomic E-state index is 12.2. The molecule has 11 nitrogen and oxygen atoms in total. The van der Waals surface area contributed by atoms with Crippen LogP contribution in [0, 0.1) is 10.1 Å². The van der Waals surface area contributed by atoms with Gasteiger partial charge in [-0.3, -0.25) is 10.1 Å². The highest BCUT2D eigenvalue weighted by atomic mass is 16.7. The Bertz CT molecular complexity index is 1150. The van der Waals surface area contributed by atoms with E-state index in [2.05, 4.69) is 20.6 Å². The predicted molar refractivity (Wildman–Crippen MR) is 110 cm³/mol. The summed E-state index contributed by atoms with van der Waals surface area (Å²) in [6, 6.07) is 11.5. The van der Waals surface area contributed by atoms with Crippen LogP contribution in [0.25, 0.3) is 0 Å². The van der Waals surface area contributed by atoms with Gasteiger partial charge in [0, 0.05) is 11.8 Å². The third-order valence-electron chi connectivity index (χ3n) is 4.32. The maximum absolute atomic E-state index is 12.2. The highest BCUT2D eigenvalue weighted by molar-refractivity contribution is 5.97. The molecular formula is C20H17N5O6. The van der Waals surface area contributed by atoms with Crippen LogP contribution >= 0.6 is 0 Å². The average Bonchev–Trinajstić information content (AvgIpc) is 3.22. The minimum absolute atomic E-state index is 0.0324. The zero-order valence-corrected chi connectivity index (χ0v) is 16.3. The van der Waals surface area contributed by atoms with Crippen LogP contribution in [0.5, 0.6) is 11.5 Å². The highest BCUT2D eigenvalue weighted by Crippen LogP contribution is 2.37. The van der Waals surface area contributed by atoms with Gasteiger partial charge in [0.15, 0.2) is 11.5 Å². The molecule has 2 aromatic carbocycles. The van der Waals surface area contributed by atoms with Crippen molar-refractivity contribution in [3.63, 3.8) is 0 Å². The lowest BCUT2D eigenvalue weighted by atomic mass is 10.1. The van der Waals surface area contributed by atoms with Crippen molar-refractivity contribution in [3.8, 4) is 11.5 Å². The van der Waals surface area contributed by atoms with Crippen molar-refractivity contribution in [2.45, 2.75) is 6.92 Å². The molecule has 2 N–H and O–H groups in total. The zero-order chi connectivity index (χ0) is 21.8.